The number of rotatable bonds is 0. The predicted octanol–water partition coefficient (Wildman–Crippen LogP) is 2.08. The maximum absolute atomic E-state index is 4.00. The van der Waals surface area contributed by atoms with Crippen molar-refractivity contribution in [1.29, 1.82) is 0 Å². The Bertz CT molecular complexity index is 11.2. The third-order valence-corrected chi connectivity index (χ3v) is 0. The lowest BCUT2D eigenvalue weighted by atomic mass is 11.0. The highest BCUT2D eigenvalue weighted by Gasteiger charge is 0.932. The van der Waals surface area contributed by atoms with Crippen LogP contribution in [0.3, 0.4) is 0 Å². The van der Waals surface area contributed by atoms with Crippen LogP contribution in [0.25, 0.3) is 0 Å². The van der Waals surface area contributed by atoms with E-state index in [2.05, 4.69) is 26.0 Å². The van der Waals surface area contributed by atoms with Crippen LogP contribution in [0.5, 0.6) is 0 Å². The van der Waals surface area contributed by atoms with Gasteiger partial charge in [-0.25, -0.2) is 0 Å². The molecule has 0 amide bonds. The molecule has 0 heterocycles. The summed E-state index contributed by atoms with van der Waals surface area (Å²) in [5, 5.41) is 0. The lowest BCUT2D eigenvalue weighted by Crippen LogP contribution is -0.856. The molecule has 0 rings (SSSR count). The van der Waals surface area contributed by atoms with Gasteiger partial charge in [0.15, 0.2) is 0 Å². The molecule has 36 valence electrons. The Hall–Kier alpha value is -0.700. The van der Waals surface area contributed by atoms with Gasteiger partial charge in [-0.15, -0.1) is 26.0 Å². The third kappa shape index (κ3) is 35.6. The Balaban J connectivity index is -0.0000000225. The van der Waals surface area contributed by atoms with E-state index in [-0.39, 0.29) is 0 Å². The zero-order valence-corrected chi connectivity index (χ0v) is 4.57. The van der Waals surface area contributed by atoms with Crippen LogP contribution in [-0.2, 0) is 0 Å². The highest BCUT2D eigenvalue weighted by Crippen LogP contribution is 1.14. The Morgan fingerprint density at radius 1 is 1.00 bits per heavy atom. The molecule has 0 radical (unpaired) electrons. The van der Waals surface area contributed by atoms with Crippen molar-refractivity contribution in [1.82, 2.24) is 0 Å². The van der Waals surface area contributed by atoms with Crippen molar-refractivity contribution in [2.24, 2.45) is 0 Å². The van der Waals surface area contributed by atoms with Gasteiger partial charge < -0.3 is 0 Å². The molecule has 0 atom stereocenters. The molecule has 0 N–H and O–H groups in total. The first-order chi connectivity index (χ1) is 3.00. The molecule has 0 unspecified atom stereocenters. The second kappa shape index (κ2) is 95.6. The van der Waals surface area contributed by atoms with Gasteiger partial charge in [-0.2, -0.15) is 0 Å². The van der Waals surface area contributed by atoms with Crippen LogP contribution in [0.4, 0.5) is 0 Å². The average molecular weight is 84.2 g/mol. The van der Waals surface area contributed by atoms with E-state index in [1.807, 2.05) is 13.8 Å². The van der Waals surface area contributed by atoms with Gasteiger partial charge in [0.25, 0.3) is 0 Å². The number of hydrogen-bond acceptors (Lipinski definition) is 0. The molecule has 6 heavy (non-hydrogen) atoms. The lowest BCUT2D eigenvalue weighted by Gasteiger charge is -1.07. The van der Waals surface area contributed by atoms with Crippen LogP contribution >= 0.6 is 0 Å². The van der Waals surface area contributed by atoms with Crippen molar-refractivity contribution >= 4 is 0 Å². The summed E-state index contributed by atoms with van der Waals surface area (Å²) in [5.74, 6) is 0. The van der Waals surface area contributed by atoms with E-state index in [4.69, 9.17) is 0 Å². The van der Waals surface area contributed by atoms with E-state index < -0.39 is 0 Å². The molecule has 0 aromatic heterocycles. The molecular weight excluding hydrogens is 72.1 g/mol. The summed E-state index contributed by atoms with van der Waals surface area (Å²) in [6, 6.07) is 0. The lowest BCUT2D eigenvalue weighted by molar-refractivity contribution is 1.50. The van der Waals surface area contributed by atoms with Gasteiger partial charge in [0.2, 0.25) is 0 Å². The molecule has 0 bridgehead atoms. The Kier molecular flexibility index (Phi) is 295. The highest BCUT2D eigenvalue weighted by atomic mass is 13.0. The summed E-state index contributed by atoms with van der Waals surface area (Å²) in [6.07, 6.45) is 8.00. The van der Waals surface area contributed by atoms with Crippen LogP contribution in [0, 0.1) is 12.8 Å². The minimum Gasteiger partial charge on any atom is -0.124 e. The van der Waals surface area contributed by atoms with Crippen molar-refractivity contribution in [3.05, 3.63) is 13.2 Å². The zero-order valence-electron chi connectivity index (χ0n) is 4.57. The SMILES string of the molecule is C#C.C=C.CC. The first kappa shape index (κ1) is 18.5. The van der Waals surface area contributed by atoms with E-state index in [1.54, 1.807) is 0 Å². The second-order valence-electron chi connectivity index (χ2n) is 0. The van der Waals surface area contributed by atoms with Gasteiger partial charge >= 0.3 is 0 Å². The molecule has 0 aromatic rings. The van der Waals surface area contributed by atoms with Gasteiger partial charge in [-0.3, -0.25) is 0 Å². The number of terminal acetylenes is 1. The van der Waals surface area contributed by atoms with Gasteiger partial charge in [0, 0.05) is 0 Å². The first-order valence-electron chi connectivity index (χ1n) is 1.83. The molecule has 0 aliphatic carbocycles. The van der Waals surface area contributed by atoms with E-state index in [0.717, 1.165) is 0 Å². The van der Waals surface area contributed by atoms with Crippen molar-refractivity contribution in [2.75, 3.05) is 0 Å². The zero-order chi connectivity index (χ0) is 6.00. The normalized spacial score (nSPS) is 2.00. The largest absolute Gasteiger partial charge is 0.124 e. The Morgan fingerprint density at radius 2 is 1.00 bits per heavy atom. The van der Waals surface area contributed by atoms with Crippen LogP contribution in [-0.4, -0.2) is 0 Å². The molecule has 0 saturated heterocycles. The Morgan fingerprint density at radius 3 is 1.00 bits per heavy atom. The summed E-state index contributed by atoms with van der Waals surface area (Å²) in [6.45, 7) is 10.0. The fraction of sp³-hybridized carbons (Fsp3) is 0.333. The second-order valence-corrected chi connectivity index (χ2v) is 0. The molecule has 0 heteroatoms. The van der Waals surface area contributed by atoms with Crippen LogP contribution in [0.15, 0.2) is 13.2 Å². The molecule has 0 fully saturated rings. The van der Waals surface area contributed by atoms with Crippen molar-refractivity contribution in [3.63, 3.8) is 0 Å². The van der Waals surface area contributed by atoms with E-state index >= 15 is 0 Å². The van der Waals surface area contributed by atoms with Gasteiger partial charge in [0.05, 0.1) is 0 Å². The summed E-state index contributed by atoms with van der Waals surface area (Å²) < 4.78 is 0. The third-order valence-electron chi connectivity index (χ3n) is 0. The van der Waals surface area contributed by atoms with Crippen molar-refractivity contribution in [2.45, 2.75) is 13.8 Å². The minimum atomic E-state index is 2.00. The number of hydrogen-bond donors (Lipinski definition) is 0. The molecule has 0 aromatic carbocycles. The fourth-order valence-corrected chi connectivity index (χ4v) is 0. The van der Waals surface area contributed by atoms with Gasteiger partial charge in [-0.1, -0.05) is 13.8 Å². The highest BCUT2D eigenvalue weighted by molar-refractivity contribution is 4.47. The monoisotopic (exact) mass is 84.1 g/mol. The van der Waals surface area contributed by atoms with Gasteiger partial charge in [-0.05, 0) is 0 Å². The van der Waals surface area contributed by atoms with Crippen molar-refractivity contribution < 1.29 is 0 Å². The topological polar surface area (TPSA) is 0 Å². The molecule has 0 aliphatic rings. The van der Waals surface area contributed by atoms with Crippen LogP contribution < -0.4 is 0 Å². The molecule has 0 spiro atoms. The van der Waals surface area contributed by atoms with E-state index in [1.165, 1.54) is 0 Å². The summed E-state index contributed by atoms with van der Waals surface area (Å²) in [5.41, 5.74) is 0. The quantitative estimate of drug-likeness (QED) is 0.311. The van der Waals surface area contributed by atoms with E-state index in [9.17, 15) is 0 Å². The average Bonchev–Trinajstić information content (AvgIpc) is 1.81. The standard InChI is InChI=1S/C2H6.C2H4.C2H2/c3*1-2/h1-2H3;1-2H2;1-2H. The maximum Gasteiger partial charge on any atom is -0.0683 e. The van der Waals surface area contributed by atoms with Crippen molar-refractivity contribution in [3.8, 4) is 12.8 Å². The summed E-state index contributed by atoms with van der Waals surface area (Å²) in [4.78, 5) is 0. The first-order valence-corrected chi connectivity index (χ1v) is 1.83. The fourth-order valence-electron chi connectivity index (χ4n) is 0. The molecular formula is C6H12. The van der Waals surface area contributed by atoms with Crippen LogP contribution in [0.2, 0.25) is 0 Å². The Labute approximate surface area is 40.9 Å². The summed E-state index contributed by atoms with van der Waals surface area (Å²) >= 11 is 0. The molecule has 0 nitrogen and oxygen atoms in total. The van der Waals surface area contributed by atoms with E-state index in [0.29, 0.717) is 0 Å². The van der Waals surface area contributed by atoms with Gasteiger partial charge in [0.1, 0.15) is 0 Å². The summed E-state index contributed by atoms with van der Waals surface area (Å²) in [7, 11) is 0. The minimum absolute atomic E-state index is 2.00. The predicted molar refractivity (Wildman–Crippen MR) is 32.5 cm³/mol. The maximum atomic E-state index is 4.00. The molecule has 0 saturated carbocycles. The molecule has 0 aliphatic heterocycles. The van der Waals surface area contributed by atoms with Crippen LogP contribution in [0.1, 0.15) is 13.8 Å². The smallest absolute Gasteiger partial charge is 0.0683 e.